The molecule has 0 aliphatic carbocycles. The van der Waals surface area contributed by atoms with Gasteiger partial charge in [0.25, 0.3) is 17.3 Å². The van der Waals surface area contributed by atoms with E-state index in [0.29, 0.717) is 15.0 Å². The maximum absolute atomic E-state index is 12.0. The van der Waals surface area contributed by atoms with E-state index in [1.54, 1.807) is 18.3 Å². The highest BCUT2D eigenvalue weighted by Crippen LogP contribution is 2.28. The van der Waals surface area contributed by atoms with Gasteiger partial charge in [0, 0.05) is 18.3 Å². The van der Waals surface area contributed by atoms with Crippen LogP contribution in [0.25, 0.3) is 10.7 Å². The molecule has 30 heavy (non-hydrogen) atoms. The minimum Gasteiger partial charge on any atom is -0.272 e. The fraction of sp³-hybridized carbons (Fsp3) is 0.0625. The Kier molecular flexibility index (Phi) is 6.71. The Morgan fingerprint density at radius 3 is 2.50 bits per heavy atom. The molecular formula is C16H11N7O5S2. The number of carbonyl (C=O) groups excluding carboxylic acids is 1. The highest BCUT2D eigenvalue weighted by atomic mass is 32.2. The Morgan fingerprint density at radius 2 is 1.87 bits per heavy atom. The second-order valence-electron chi connectivity index (χ2n) is 5.39. The summed E-state index contributed by atoms with van der Waals surface area (Å²) in [6.45, 7) is 0. The summed E-state index contributed by atoms with van der Waals surface area (Å²) in [4.78, 5) is 36.7. The molecule has 2 aromatic heterocycles. The molecule has 0 unspecified atom stereocenters. The fourth-order valence-electron chi connectivity index (χ4n) is 2.18. The third-order valence-corrected chi connectivity index (χ3v) is 5.53. The minimum atomic E-state index is -0.763. The van der Waals surface area contributed by atoms with Gasteiger partial charge in [-0.05, 0) is 18.2 Å². The van der Waals surface area contributed by atoms with Crippen molar-refractivity contribution in [3.8, 4) is 10.7 Å². The molecule has 1 N–H and O–H groups in total. The van der Waals surface area contributed by atoms with Crippen LogP contribution in [0.15, 0.2) is 52.0 Å². The Morgan fingerprint density at radius 1 is 1.13 bits per heavy atom. The first-order valence-electron chi connectivity index (χ1n) is 8.07. The van der Waals surface area contributed by atoms with E-state index in [4.69, 9.17) is 0 Å². The number of amides is 1. The Labute approximate surface area is 176 Å². The predicted octanol–water partition coefficient (Wildman–Crippen LogP) is 2.66. The molecule has 0 saturated heterocycles. The first-order chi connectivity index (χ1) is 14.5. The average molecular weight is 445 g/mol. The third-order valence-electron chi connectivity index (χ3n) is 3.45. The fourth-order valence-corrected chi connectivity index (χ4v) is 3.80. The van der Waals surface area contributed by atoms with Crippen molar-refractivity contribution in [2.45, 2.75) is 4.34 Å². The quantitative estimate of drug-likeness (QED) is 0.237. The number of nitro groups is 2. The lowest BCUT2D eigenvalue weighted by Crippen LogP contribution is -2.19. The van der Waals surface area contributed by atoms with Gasteiger partial charge in [-0.2, -0.15) is 5.10 Å². The number of rotatable bonds is 8. The zero-order valence-electron chi connectivity index (χ0n) is 14.9. The predicted molar refractivity (Wildman–Crippen MR) is 109 cm³/mol. The zero-order chi connectivity index (χ0) is 21.5. The first kappa shape index (κ1) is 20.9. The Balaban J connectivity index is 1.61. The van der Waals surface area contributed by atoms with Crippen molar-refractivity contribution in [1.82, 2.24) is 20.6 Å². The van der Waals surface area contributed by atoms with E-state index >= 15 is 0 Å². The second kappa shape index (κ2) is 9.62. The third kappa shape index (κ3) is 5.18. The van der Waals surface area contributed by atoms with E-state index in [2.05, 4.69) is 25.7 Å². The monoisotopic (exact) mass is 445 g/mol. The molecule has 0 spiro atoms. The molecule has 0 fully saturated rings. The molecule has 1 amide bonds. The van der Waals surface area contributed by atoms with Crippen molar-refractivity contribution >= 4 is 46.6 Å². The number of benzene rings is 1. The minimum absolute atomic E-state index is 0.0484. The molecule has 0 saturated carbocycles. The second-order valence-corrected chi connectivity index (χ2v) is 7.59. The van der Waals surface area contributed by atoms with Gasteiger partial charge in [-0.15, -0.1) is 10.2 Å². The van der Waals surface area contributed by atoms with Crippen molar-refractivity contribution < 1.29 is 14.6 Å². The van der Waals surface area contributed by atoms with Crippen molar-refractivity contribution in [2.75, 3.05) is 5.75 Å². The van der Waals surface area contributed by atoms with Crippen LogP contribution in [0.3, 0.4) is 0 Å². The van der Waals surface area contributed by atoms with E-state index in [9.17, 15) is 25.0 Å². The summed E-state index contributed by atoms with van der Waals surface area (Å²) in [6.07, 6.45) is 2.51. The summed E-state index contributed by atoms with van der Waals surface area (Å²) < 4.78 is 0.545. The Bertz CT molecular complexity index is 1090. The number of nitro benzene ring substituents is 2. The van der Waals surface area contributed by atoms with Gasteiger partial charge in [0.2, 0.25) is 0 Å². The number of aromatic nitrogens is 3. The highest BCUT2D eigenvalue weighted by molar-refractivity contribution is 8.01. The van der Waals surface area contributed by atoms with E-state index in [1.807, 2.05) is 6.07 Å². The van der Waals surface area contributed by atoms with Crippen LogP contribution in [-0.2, 0) is 4.79 Å². The zero-order valence-corrected chi connectivity index (χ0v) is 16.5. The largest absolute Gasteiger partial charge is 0.285 e. The topological polar surface area (TPSA) is 166 Å². The van der Waals surface area contributed by atoms with Crippen molar-refractivity contribution in [3.05, 3.63) is 68.4 Å². The maximum atomic E-state index is 12.0. The van der Waals surface area contributed by atoms with Crippen LogP contribution in [-0.4, -0.2) is 42.9 Å². The molecule has 152 valence electrons. The first-order valence-corrected chi connectivity index (χ1v) is 9.87. The van der Waals surface area contributed by atoms with Gasteiger partial charge < -0.3 is 0 Å². The summed E-state index contributed by atoms with van der Waals surface area (Å²) >= 11 is 2.39. The molecule has 12 nitrogen and oxygen atoms in total. The molecule has 0 atom stereocenters. The van der Waals surface area contributed by atoms with Gasteiger partial charge in [0.15, 0.2) is 9.35 Å². The summed E-state index contributed by atoms with van der Waals surface area (Å²) in [7, 11) is 0. The van der Waals surface area contributed by atoms with Gasteiger partial charge in [0.05, 0.1) is 21.8 Å². The van der Waals surface area contributed by atoms with Gasteiger partial charge >= 0.3 is 0 Å². The van der Waals surface area contributed by atoms with Gasteiger partial charge in [0.1, 0.15) is 11.3 Å². The number of nitrogens with one attached hydrogen (secondary N) is 1. The number of hydrogen-bond donors (Lipinski definition) is 1. The lowest BCUT2D eigenvalue weighted by molar-refractivity contribution is -0.394. The average Bonchev–Trinajstić information content (AvgIpc) is 3.22. The standard InChI is InChI=1S/C16H11N7O5S2/c24-14(9-29-16-21-20-15(30-16)11-4-1-2-7-17-11)19-18-8-10-12(22(25)26)5-3-6-13(10)23(27)28/h1-8H,9H2,(H,19,24). The molecule has 0 aliphatic heterocycles. The molecule has 0 radical (unpaired) electrons. The van der Waals surface area contributed by atoms with E-state index in [1.165, 1.54) is 17.4 Å². The van der Waals surface area contributed by atoms with Gasteiger partial charge in [-0.3, -0.25) is 30.0 Å². The van der Waals surface area contributed by atoms with Crippen LogP contribution in [0.4, 0.5) is 11.4 Å². The van der Waals surface area contributed by atoms with E-state index in [0.717, 1.165) is 30.1 Å². The summed E-state index contributed by atoms with van der Waals surface area (Å²) in [5.74, 6) is -0.570. The summed E-state index contributed by atoms with van der Waals surface area (Å²) in [5, 5.41) is 34.4. The van der Waals surface area contributed by atoms with Crippen molar-refractivity contribution in [1.29, 1.82) is 0 Å². The molecule has 3 aromatic rings. The number of pyridine rings is 1. The Hall–Kier alpha value is -3.78. The van der Waals surface area contributed by atoms with Crippen LogP contribution in [0.1, 0.15) is 5.56 Å². The lowest BCUT2D eigenvalue weighted by Gasteiger charge is -2.00. The van der Waals surface area contributed by atoms with E-state index < -0.39 is 27.1 Å². The number of nitrogens with zero attached hydrogens (tertiary/aromatic N) is 6. The van der Waals surface area contributed by atoms with Gasteiger partial charge in [-0.1, -0.05) is 29.2 Å². The lowest BCUT2D eigenvalue weighted by atomic mass is 10.1. The number of carbonyl (C=O) groups is 1. The van der Waals surface area contributed by atoms with E-state index in [-0.39, 0.29) is 11.3 Å². The van der Waals surface area contributed by atoms with Crippen molar-refractivity contribution in [3.63, 3.8) is 0 Å². The highest BCUT2D eigenvalue weighted by Gasteiger charge is 2.23. The van der Waals surface area contributed by atoms with Crippen LogP contribution in [0.2, 0.25) is 0 Å². The van der Waals surface area contributed by atoms with Crippen LogP contribution in [0.5, 0.6) is 0 Å². The molecule has 14 heteroatoms. The smallest absolute Gasteiger partial charge is 0.272 e. The molecule has 0 aliphatic rings. The molecule has 0 bridgehead atoms. The normalized spacial score (nSPS) is 10.8. The molecule has 1 aromatic carbocycles. The SMILES string of the molecule is O=C(CSc1nnc(-c2ccccn2)s1)NN=Cc1c([N+](=O)[O-])cccc1[N+](=O)[O-]. The van der Waals surface area contributed by atoms with Crippen molar-refractivity contribution in [2.24, 2.45) is 5.10 Å². The maximum Gasteiger partial charge on any atom is 0.285 e. The summed E-state index contributed by atoms with van der Waals surface area (Å²) in [6, 6.07) is 8.82. The van der Waals surface area contributed by atoms with Crippen LogP contribution in [0, 0.1) is 20.2 Å². The molecule has 3 rings (SSSR count). The van der Waals surface area contributed by atoms with Crippen LogP contribution >= 0.6 is 23.1 Å². The van der Waals surface area contributed by atoms with Crippen LogP contribution < -0.4 is 5.43 Å². The number of thioether (sulfide) groups is 1. The number of hydrazone groups is 1. The molecule has 2 heterocycles. The molecular weight excluding hydrogens is 434 g/mol. The van der Waals surface area contributed by atoms with Gasteiger partial charge in [-0.25, -0.2) is 5.43 Å². The summed E-state index contributed by atoms with van der Waals surface area (Å²) in [5.41, 5.74) is 1.55. The number of hydrogen-bond acceptors (Lipinski definition) is 11.